The molecule has 0 aliphatic rings. The maximum absolute atomic E-state index is 5.23. The molecule has 5 heteroatoms. The molecule has 0 spiro atoms. The van der Waals surface area contributed by atoms with Gasteiger partial charge in [-0.1, -0.05) is 0 Å². The van der Waals surface area contributed by atoms with Crippen LogP contribution >= 0.6 is 0 Å². The summed E-state index contributed by atoms with van der Waals surface area (Å²) in [5.74, 6) is 2.55. The monoisotopic (exact) mass is 247 g/mol. The second-order valence-corrected chi connectivity index (χ2v) is 3.91. The van der Waals surface area contributed by atoms with Gasteiger partial charge in [-0.05, 0) is 17.7 Å². The Labute approximate surface area is 106 Å². The Hall–Kier alpha value is -2.17. The first-order valence-electron chi connectivity index (χ1n) is 5.66. The zero-order chi connectivity index (χ0) is 13.0. The van der Waals surface area contributed by atoms with E-state index in [-0.39, 0.29) is 0 Å². The van der Waals surface area contributed by atoms with E-state index >= 15 is 0 Å². The van der Waals surface area contributed by atoms with E-state index in [0.717, 1.165) is 22.9 Å². The van der Waals surface area contributed by atoms with Crippen molar-refractivity contribution in [3.63, 3.8) is 0 Å². The minimum Gasteiger partial charge on any atom is -0.497 e. The Bertz CT molecular complexity index is 500. The molecular formula is C13H17N3O2. The fourth-order valence-electron chi connectivity index (χ4n) is 1.71. The molecule has 0 aliphatic heterocycles. The van der Waals surface area contributed by atoms with Gasteiger partial charge in [0.2, 0.25) is 0 Å². The lowest BCUT2D eigenvalue weighted by Gasteiger charge is -2.10. The molecule has 5 nitrogen and oxygen atoms in total. The van der Waals surface area contributed by atoms with Gasteiger partial charge in [-0.2, -0.15) is 5.10 Å². The molecule has 0 amide bonds. The molecule has 0 saturated heterocycles. The number of benzene rings is 1. The predicted molar refractivity (Wildman–Crippen MR) is 70.1 cm³/mol. The van der Waals surface area contributed by atoms with Gasteiger partial charge < -0.3 is 14.8 Å². The molecule has 1 N–H and O–H groups in total. The lowest BCUT2D eigenvalue weighted by molar-refractivity contribution is 0.393. The Morgan fingerprint density at radius 2 is 1.83 bits per heavy atom. The molecule has 0 aliphatic carbocycles. The van der Waals surface area contributed by atoms with Gasteiger partial charge >= 0.3 is 0 Å². The molecule has 0 unspecified atom stereocenters. The summed E-state index contributed by atoms with van der Waals surface area (Å²) in [4.78, 5) is 0. The Kier molecular flexibility index (Phi) is 3.72. The second kappa shape index (κ2) is 5.44. The van der Waals surface area contributed by atoms with E-state index in [0.29, 0.717) is 6.54 Å². The van der Waals surface area contributed by atoms with Crippen LogP contribution in [0.2, 0.25) is 0 Å². The standard InChI is InChI=1S/C13H17N3O2/c1-16-13(4-5-15-16)14-9-10-6-11(17-2)8-12(7-10)18-3/h4-8,14H,9H2,1-3H3. The molecule has 1 heterocycles. The Morgan fingerprint density at radius 3 is 2.33 bits per heavy atom. The van der Waals surface area contributed by atoms with Crippen molar-refractivity contribution in [3.8, 4) is 11.5 Å². The largest absolute Gasteiger partial charge is 0.497 e. The zero-order valence-electron chi connectivity index (χ0n) is 10.8. The Balaban J connectivity index is 2.11. The molecule has 0 saturated carbocycles. The molecule has 0 radical (unpaired) electrons. The van der Waals surface area contributed by atoms with Gasteiger partial charge in [-0.15, -0.1) is 0 Å². The lowest BCUT2D eigenvalue weighted by atomic mass is 10.2. The number of aryl methyl sites for hydroxylation is 1. The molecule has 0 fully saturated rings. The van der Waals surface area contributed by atoms with Crippen LogP contribution in [0.4, 0.5) is 5.82 Å². The molecule has 96 valence electrons. The highest BCUT2D eigenvalue weighted by Gasteiger charge is 2.03. The number of aromatic nitrogens is 2. The predicted octanol–water partition coefficient (Wildman–Crippen LogP) is 2.05. The average Bonchev–Trinajstić information content (AvgIpc) is 2.81. The third-order valence-corrected chi connectivity index (χ3v) is 2.71. The summed E-state index contributed by atoms with van der Waals surface area (Å²) in [6.07, 6.45) is 1.76. The Morgan fingerprint density at radius 1 is 1.17 bits per heavy atom. The van der Waals surface area contributed by atoms with E-state index in [4.69, 9.17) is 9.47 Å². The van der Waals surface area contributed by atoms with Crippen molar-refractivity contribution in [1.29, 1.82) is 0 Å². The third kappa shape index (κ3) is 2.74. The first-order valence-corrected chi connectivity index (χ1v) is 5.66. The summed E-state index contributed by atoms with van der Waals surface area (Å²) in [5, 5.41) is 7.40. The van der Waals surface area contributed by atoms with E-state index < -0.39 is 0 Å². The van der Waals surface area contributed by atoms with Crippen molar-refractivity contribution in [2.75, 3.05) is 19.5 Å². The van der Waals surface area contributed by atoms with Crippen LogP contribution in [-0.2, 0) is 13.6 Å². The quantitative estimate of drug-likeness (QED) is 0.878. The molecule has 1 aromatic heterocycles. The summed E-state index contributed by atoms with van der Waals surface area (Å²) in [7, 11) is 5.19. The number of methoxy groups -OCH3 is 2. The van der Waals surface area contributed by atoms with Crippen LogP contribution in [0.3, 0.4) is 0 Å². The molecule has 2 aromatic rings. The third-order valence-electron chi connectivity index (χ3n) is 2.71. The first-order chi connectivity index (χ1) is 8.72. The maximum Gasteiger partial charge on any atom is 0.124 e. The minimum atomic E-state index is 0.688. The van der Waals surface area contributed by atoms with Gasteiger partial charge in [0.15, 0.2) is 0 Å². The fourth-order valence-corrected chi connectivity index (χ4v) is 1.71. The van der Waals surface area contributed by atoms with E-state index in [2.05, 4.69) is 10.4 Å². The topological polar surface area (TPSA) is 48.3 Å². The van der Waals surface area contributed by atoms with Gasteiger partial charge in [-0.3, -0.25) is 4.68 Å². The number of nitrogens with one attached hydrogen (secondary N) is 1. The van der Waals surface area contributed by atoms with Crippen molar-refractivity contribution in [2.45, 2.75) is 6.54 Å². The summed E-state index contributed by atoms with van der Waals surface area (Å²) in [6.45, 7) is 0.688. The second-order valence-electron chi connectivity index (χ2n) is 3.91. The van der Waals surface area contributed by atoms with Crippen molar-refractivity contribution in [2.24, 2.45) is 7.05 Å². The van der Waals surface area contributed by atoms with Gasteiger partial charge in [-0.25, -0.2) is 0 Å². The number of rotatable bonds is 5. The van der Waals surface area contributed by atoms with E-state index in [1.165, 1.54) is 0 Å². The van der Waals surface area contributed by atoms with Crippen molar-refractivity contribution in [3.05, 3.63) is 36.0 Å². The molecule has 2 rings (SSSR count). The number of hydrogen-bond donors (Lipinski definition) is 1. The van der Waals surface area contributed by atoms with Crippen molar-refractivity contribution < 1.29 is 9.47 Å². The van der Waals surface area contributed by atoms with Gasteiger partial charge in [0.05, 0.1) is 20.4 Å². The van der Waals surface area contributed by atoms with Crippen LogP contribution in [0.15, 0.2) is 30.5 Å². The lowest BCUT2D eigenvalue weighted by Crippen LogP contribution is -2.05. The van der Waals surface area contributed by atoms with Gasteiger partial charge in [0.25, 0.3) is 0 Å². The minimum absolute atomic E-state index is 0.688. The maximum atomic E-state index is 5.23. The molecule has 1 aromatic carbocycles. The normalized spacial score (nSPS) is 10.2. The molecular weight excluding hydrogens is 230 g/mol. The van der Waals surface area contributed by atoms with E-state index in [1.54, 1.807) is 25.1 Å². The first kappa shape index (κ1) is 12.3. The zero-order valence-corrected chi connectivity index (χ0v) is 10.8. The van der Waals surface area contributed by atoms with Crippen LogP contribution < -0.4 is 14.8 Å². The average molecular weight is 247 g/mol. The number of hydrogen-bond acceptors (Lipinski definition) is 4. The van der Waals surface area contributed by atoms with E-state index in [1.807, 2.05) is 31.3 Å². The van der Waals surface area contributed by atoms with Crippen molar-refractivity contribution in [1.82, 2.24) is 9.78 Å². The van der Waals surface area contributed by atoms with Crippen LogP contribution in [-0.4, -0.2) is 24.0 Å². The van der Waals surface area contributed by atoms with Gasteiger partial charge in [0, 0.05) is 25.7 Å². The summed E-state index contributed by atoms with van der Waals surface area (Å²) in [6, 6.07) is 7.74. The SMILES string of the molecule is COc1cc(CNc2ccnn2C)cc(OC)c1. The van der Waals surface area contributed by atoms with Crippen LogP contribution in [0.1, 0.15) is 5.56 Å². The highest BCUT2D eigenvalue weighted by molar-refractivity contribution is 5.41. The summed E-state index contributed by atoms with van der Waals surface area (Å²) in [5.41, 5.74) is 1.09. The van der Waals surface area contributed by atoms with Crippen LogP contribution in [0.5, 0.6) is 11.5 Å². The smallest absolute Gasteiger partial charge is 0.124 e. The number of anilines is 1. The fraction of sp³-hybridized carbons (Fsp3) is 0.308. The highest BCUT2D eigenvalue weighted by atomic mass is 16.5. The van der Waals surface area contributed by atoms with E-state index in [9.17, 15) is 0 Å². The summed E-state index contributed by atoms with van der Waals surface area (Å²) < 4.78 is 12.3. The van der Waals surface area contributed by atoms with Crippen molar-refractivity contribution >= 4 is 5.82 Å². The van der Waals surface area contributed by atoms with Crippen LogP contribution in [0, 0.1) is 0 Å². The molecule has 0 atom stereocenters. The molecule has 18 heavy (non-hydrogen) atoms. The van der Waals surface area contributed by atoms with Crippen LogP contribution in [0.25, 0.3) is 0 Å². The number of nitrogens with zero attached hydrogens (tertiary/aromatic N) is 2. The number of ether oxygens (including phenoxy) is 2. The summed E-state index contributed by atoms with van der Waals surface area (Å²) >= 11 is 0. The highest BCUT2D eigenvalue weighted by Crippen LogP contribution is 2.23. The van der Waals surface area contributed by atoms with Gasteiger partial charge in [0.1, 0.15) is 17.3 Å². The molecule has 0 bridgehead atoms.